The molecular weight excluding hydrogens is 292 g/mol. The lowest BCUT2D eigenvalue weighted by molar-refractivity contribution is -0.128. The summed E-state index contributed by atoms with van der Waals surface area (Å²) in [7, 11) is 3.51. The second-order valence-corrected chi connectivity index (χ2v) is 5.77. The van der Waals surface area contributed by atoms with Gasteiger partial charge in [0, 0.05) is 32.1 Å². The highest BCUT2D eigenvalue weighted by Crippen LogP contribution is 2.09. The number of carbonyl (C=O) groups excluding carboxylic acids is 2. The average Bonchev–Trinajstić information content (AvgIpc) is 2.54. The van der Waals surface area contributed by atoms with Gasteiger partial charge in [-0.25, -0.2) is 0 Å². The molecule has 2 N–H and O–H groups in total. The molecule has 2 amide bonds. The number of amides is 2. The number of nitrogens with zero attached hydrogens (tertiary/aromatic N) is 1. The quantitative estimate of drug-likeness (QED) is 0.721. The smallest absolute Gasteiger partial charge is 0.251 e. The molecule has 1 atom stereocenters. The van der Waals surface area contributed by atoms with Crippen molar-refractivity contribution in [2.75, 3.05) is 20.7 Å². The van der Waals surface area contributed by atoms with Gasteiger partial charge in [-0.3, -0.25) is 9.59 Å². The predicted molar refractivity (Wildman–Crippen MR) is 92.0 cm³/mol. The van der Waals surface area contributed by atoms with Gasteiger partial charge in [0.05, 0.1) is 6.61 Å². The van der Waals surface area contributed by atoms with Crippen molar-refractivity contribution in [3.8, 4) is 0 Å². The Morgan fingerprint density at radius 2 is 2.09 bits per heavy atom. The zero-order chi connectivity index (χ0) is 17.2. The molecule has 1 aromatic rings. The van der Waals surface area contributed by atoms with Gasteiger partial charge in [0.1, 0.15) is 0 Å². The summed E-state index contributed by atoms with van der Waals surface area (Å²) in [5.74, 6) is -0.0616. The number of allylic oxidation sites excluding steroid dienone is 1. The number of aliphatic hydroxyl groups is 1. The SMILES string of the molecule is C[C@@H](CO)NC(=O)c1cccc(C=CCCCC(=O)N(C)C)c1. The highest BCUT2D eigenvalue weighted by atomic mass is 16.3. The van der Waals surface area contributed by atoms with E-state index in [1.165, 1.54) is 0 Å². The van der Waals surface area contributed by atoms with Crippen molar-refractivity contribution in [1.29, 1.82) is 0 Å². The molecule has 0 bridgehead atoms. The molecule has 126 valence electrons. The third-order valence-electron chi connectivity index (χ3n) is 3.37. The normalized spacial score (nSPS) is 12.2. The first kappa shape index (κ1) is 18.9. The summed E-state index contributed by atoms with van der Waals surface area (Å²) < 4.78 is 0. The van der Waals surface area contributed by atoms with Crippen LogP contribution in [0.2, 0.25) is 0 Å². The molecule has 0 aliphatic carbocycles. The van der Waals surface area contributed by atoms with E-state index in [-0.39, 0.29) is 24.5 Å². The van der Waals surface area contributed by atoms with Crippen LogP contribution in [-0.2, 0) is 4.79 Å². The lowest BCUT2D eigenvalue weighted by Crippen LogP contribution is -2.34. The van der Waals surface area contributed by atoms with Crippen LogP contribution in [0.5, 0.6) is 0 Å². The maximum Gasteiger partial charge on any atom is 0.251 e. The van der Waals surface area contributed by atoms with Crippen LogP contribution in [0.3, 0.4) is 0 Å². The summed E-state index contributed by atoms with van der Waals surface area (Å²) in [4.78, 5) is 25.0. The molecule has 0 aliphatic rings. The fourth-order valence-corrected chi connectivity index (χ4v) is 1.95. The standard InChI is InChI=1S/C18H26N2O3/c1-14(13-21)19-18(23)16-10-7-9-15(12-16)8-5-4-6-11-17(22)20(2)3/h5,7-10,12,14,21H,4,6,11,13H2,1-3H3,(H,19,23)/t14-/m0/s1. The van der Waals surface area contributed by atoms with Gasteiger partial charge in [-0.15, -0.1) is 0 Å². The first-order valence-corrected chi connectivity index (χ1v) is 7.82. The average molecular weight is 318 g/mol. The van der Waals surface area contributed by atoms with Crippen LogP contribution in [0.4, 0.5) is 0 Å². The molecule has 0 fully saturated rings. The summed E-state index contributed by atoms with van der Waals surface area (Å²) in [6, 6.07) is 7.03. The van der Waals surface area contributed by atoms with Crippen molar-refractivity contribution in [1.82, 2.24) is 10.2 Å². The number of hydrogen-bond acceptors (Lipinski definition) is 3. The Labute approximate surface area is 138 Å². The molecule has 5 heteroatoms. The van der Waals surface area contributed by atoms with Crippen LogP contribution in [0.1, 0.15) is 42.1 Å². The first-order valence-electron chi connectivity index (χ1n) is 7.82. The summed E-state index contributed by atoms with van der Waals surface area (Å²) in [6.45, 7) is 1.66. The molecule has 0 aromatic heterocycles. The molecule has 1 aromatic carbocycles. The minimum Gasteiger partial charge on any atom is -0.394 e. The van der Waals surface area contributed by atoms with Crippen LogP contribution in [0.25, 0.3) is 6.08 Å². The lowest BCUT2D eigenvalue weighted by Gasteiger charge is -2.10. The van der Waals surface area contributed by atoms with Crippen molar-refractivity contribution >= 4 is 17.9 Å². The van der Waals surface area contributed by atoms with E-state index in [4.69, 9.17) is 5.11 Å². The molecule has 23 heavy (non-hydrogen) atoms. The number of hydrogen-bond donors (Lipinski definition) is 2. The molecule has 0 spiro atoms. The van der Waals surface area contributed by atoms with Gasteiger partial charge in [-0.1, -0.05) is 24.3 Å². The Bertz CT molecular complexity index is 553. The highest BCUT2D eigenvalue weighted by Gasteiger charge is 2.08. The van der Waals surface area contributed by atoms with Gasteiger partial charge in [0.25, 0.3) is 5.91 Å². The number of rotatable bonds is 8. The summed E-state index contributed by atoms with van der Waals surface area (Å²) in [6.07, 6.45) is 6.13. The van der Waals surface area contributed by atoms with Crippen LogP contribution in [-0.4, -0.2) is 48.6 Å². The predicted octanol–water partition coefficient (Wildman–Crippen LogP) is 2.07. The van der Waals surface area contributed by atoms with E-state index in [0.29, 0.717) is 12.0 Å². The van der Waals surface area contributed by atoms with E-state index in [0.717, 1.165) is 18.4 Å². The maximum absolute atomic E-state index is 12.0. The van der Waals surface area contributed by atoms with E-state index in [1.54, 1.807) is 38.1 Å². The van der Waals surface area contributed by atoms with Crippen molar-refractivity contribution in [2.24, 2.45) is 0 Å². The highest BCUT2D eigenvalue weighted by molar-refractivity contribution is 5.94. The zero-order valence-electron chi connectivity index (χ0n) is 14.1. The fraction of sp³-hybridized carbons (Fsp3) is 0.444. The third kappa shape index (κ3) is 7.10. The number of benzene rings is 1. The monoisotopic (exact) mass is 318 g/mol. The van der Waals surface area contributed by atoms with E-state index < -0.39 is 0 Å². The fourth-order valence-electron chi connectivity index (χ4n) is 1.95. The molecule has 5 nitrogen and oxygen atoms in total. The molecule has 0 saturated carbocycles. The Kier molecular flexibility index (Phi) is 8.05. The largest absolute Gasteiger partial charge is 0.394 e. The Morgan fingerprint density at radius 3 is 2.74 bits per heavy atom. The Morgan fingerprint density at radius 1 is 1.35 bits per heavy atom. The van der Waals surface area contributed by atoms with E-state index in [1.807, 2.05) is 24.3 Å². The summed E-state index contributed by atoms with van der Waals surface area (Å²) in [5.41, 5.74) is 1.50. The van der Waals surface area contributed by atoms with Crippen LogP contribution >= 0.6 is 0 Å². The van der Waals surface area contributed by atoms with E-state index in [2.05, 4.69) is 5.32 Å². The van der Waals surface area contributed by atoms with Gasteiger partial charge in [-0.05, 0) is 37.5 Å². The van der Waals surface area contributed by atoms with Gasteiger partial charge in [0.15, 0.2) is 0 Å². The second kappa shape index (κ2) is 9.79. The number of carbonyl (C=O) groups is 2. The third-order valence-corrected chi connectivity index (χ3v) is 3.37. The Hall–Kier alpha value is -2.14. The van der Waals surface area contributed by atoms with Crippen molar-refractivity contribution < 1.29 is 14.7 Å². The summed E-state index contributed by atoms with van der Waals surface area (Å²) in [5, 5.41) is 11.7. The first-order chi connectivity index (χ1) is 10.9. The van der Waals surface area contributed by atoms with Crippen LogP contribution in [0.15, 0.2) is 30.3 Å². The van der Waals surface area contributed by atoms with Crippen LogP contribution < -0.4 is 5.32 Å². The molecule has 0 unspecified atom stereocenters. The molecule has 0 saturated heterocycles. The van der Waals surface area contributed by atoms with Gasteiger partial charge < -0.3 is 15.3 Å². The van der Waals surface area contributed by atoms with Gasteiger partial charge in [-0.2, -0.15) is 0 Å². The lowest BCUT2D eigenvalue weighted by atomic mass is 10.1. The van der Waals surface area contributed by atoms with Crippen LogP contribution in [0, 0.1) is 0 Å². The number of nitrogens with one attached hydrogen (secondary N) is 1. The van der Waals surface area contributed by atoms with Crippen molar-refractivity contribution in [2.45, 2.75) is 32.2 Å². The summed E-state index contributed by atoms with van der Waals surface area (Å²) >= 11 is 0. The van der Waals surface area contributed by atoms with Gasteiger partial charge in [0.2, 0.25) is 5.91 Å². The topological polar surface area (TPSA) is 69.6 Å². The minimum absolute atomic E-state index is 0.0863. The Balaban J connectivity index is 2.52. The molecule has 0 radical (unpaired) electrons. The van der Waals surface area contributed by atoms with E-state index >= 15 is 0 Å². The molecule has 0 heterocycles. The molecule has 1 rings (SSSR count). The molecular formula is C18H26N2O3. The second-order valence-electron chi connectivity index (χ2n) is 5.77. The number of aliphatic hydroxyl groups excluding tert-OH is 1. The number of unbranched alkanes of at least 4 members (excludes halogenated alkanes) is 1. The molecule has 0 aliphatic heterocycles. The van der Waals surface area contributed by atoms with E-state index in [9.17, 15) is 9.59 Å². The maximum atomic E-state index is 12.0. The van der Waals surface area contributed by atoms with Crippen molar-refractivity contribution in [3.05, 3.63) is 41.5 Å². The zero-order valence-corrected chi connectivity index (χ0v) is 14.1. The van der Waals surface area contributed by atoms with Gasteiger partial charge >= 0.3 is 0 Å². The minimum atomic E-state index is -0.268. The van der Waals surface area contributed by atoms with Crippen molar-refractivity contribution in [3.63, 3.8) is 0 Å².